The van der Waals surface area contributed by atoms with E-state index in [1.165, 1.54) is 7.11 Å². The molecule has 7 heteroatoms. The third-order valence-electron chi connectivity index (χ3n) is 2.95. The quantitative estimate of drug-likeness (QED) is 0.773. The Morgan fingerprint density at radius 1 is 1.15 bits per heavy atom. The molecule has 3 N–H and O–H groups in total. The van der Waals surface area contributed by atoms with Gasteiger partial charge in [-0.2, -0.15) is 8.42 Å². The lowest BCUT2D eigenvalue weighted by Gasteiger charge is -2.09. The summed E-state index contributed by atoms with van der Waals surface area (Å²) in [6, 6.07) is 10.8. The van der Waals surface area contributed by atoms with E-state index in [0.717, 1.165) is 16.4 Å². The number of furan rings is 1. The molecule has 0 saturated heterocycles. The number of ether oxygens (including phenoxy) is 1. The van der Waals surface area contributed by atoms with Crippen molar-refractivity contribution in [3.05, 3.63) is 36.4 Å². The lowest BCUT2D eigenvalue weighted by molar-refractivity contribution is 0.417. The number of benzene rings is 2. The van der Waals surface area contributed by atoms with Gasteiger partial charge in [-0.15, -0.1) is 0 Å². The minimum Gasteiger partial charge on any atom is -0.495 e. The first-order valence-electron chi connectivity index (χ1n) is 5.78. The standard InChI is InChI=1S/C13H12N2O4S/c1-18-13-6-9-8-4-2-3-5-11(8)19-12(9)7-10(13)15-20(14,16)17/h2-7,15H,1H3,(H2,14,16,17). The molecule has 1 aromatic heterocycles. The van der Waals surface area contributed by atoms with Crippen LogP contribution in [0.2, 0.25) is 0 Å². The fourth-order valence-electron chi connectivity index (χ4n) is 2.15. The Kier molecular flexibility index (Phi) is 2.81. The molecule has 0 fully saturated rings. The van der Waals surface area contributed by atoms with Crippen molar-refractivity contribution >= 4 is 37.8 Å². The van der Waals surface area contributed by atoms with Gasteiger partial charge in [-0.3, -0.25) is 4.72 Å². The van der Waals surface area contributed by atoms with E-state index < -0.39 is 10.2 Å². The van der Waals surface area contributed by atoms with Crippen LogP contribution in [0.25, 0.3) is 21.9 Å². The van der Waals surface area contributed by atoms with Gasteiger partial charge in [-0.05, 0) is 12.1 Å². The highest BCUT2D eigenvalue weighted by atomic mass is 32.2. The number of nitrogens with two attached hydrogens (primary N) is 1. The number of rotatable bonds is 3. The molecule has 20 heavy (non-hydrogen) atoms. The number of anilines is 1. The highest BCUT2D eigenvalue weighted by molar-refractivity contribution is 7.90. The van der Waals surface area contributed by atoms with Crippen molar-refractivity contribution in [3.8, 4) is 5.75 Å². The molecule has 2 aromatic carbocycles. The third kappa shape index (κ3) is 2.17. The van der Waals surface area contributed by atoms with Crippen LogP contribution in [-0.4, -0.2) is 15.5 Å². The second kappa shape index (κ2) is 4.39. The van der Waals surface area contributed by atoms with E-state index in [1.807, 2.05) is 24.3 Å². The minimum atomic E-state index is -3.88. The van der Waals surface area contributed by atoms with E-state index in [2.05, 4.69) is 4.72 Å². The van der Waals surface area contributed by atoms with Crippen molar-refractivity contribution < 1.29 is 17.6 Å². The predicted molar refractivity (Wildman–Crippen MR) is 77.0 cm³/mol. The lowest BCUT2D eigenvalue weighted by atomic mass is 10.1. The zero-order valence-electron chi connectivity index (χ0n) is 10.6. The van der Waals surface area contributed by atoms with Gasteiger partial charge in [0.15, 0.2) is 0 Å². The first-order chi connectivity index (χ1) is 9.48. The maximum Gasteiger partial charge on any atom is 0.296 e. The van der Waals surface area contributed by atoms with Crippen molar-refractivity contribution in [2.75, 3.05) is 11.8 Å². The van der Waals surface area contributed by atoms with Crippen molar-refractivity contribution in [1.82, 2.24) is 0 Å². The van der Waals surface area contributed by atoms with E-state index in [0.29, 0.717) is 11.3 Å². The van der Waals surface area contributed by atoms with Gasteiger partial charge in [0, 0.05) is 16.8 Å². The zero-order valence-corrected chi connectivity index (χ0v) is 11.4. The number of hydrogen-bond acceptors (Lipinski definition) is 4. The first-order valence-corrected chi connectivity index (χ1v) is 7.32. The van der Waals surface area contributed by atoms with Gasteiger partial charge in [0.05, 0.1) is 12.8 Å². The molecule has 0 aliphatic rings. The molecule has 0 aliphatic carbocycles. The van der Waals surface area contributed by atoms with Crippen molar-refractivity contribution in [2.45, 2.75) is 0 Å². The average molecular weight is 292 g/mol. The second-order valence-electron chi connectivity index (χ2n) is 4.29. The number of nitrogens with one attached hydrogen (secondary N) is 1. The van der Waals surface area contributed by atoms with E-state index in [4.69, 9.17) is 14.3 Å². The summed E-state index contributed by atoms with van der Waals surface area (Å²) in [4.78, 5) is 0. The second-order valence-corrected chi connectivity index (χ2v) is 5.59. The van der Waals surface area contributed by atoms with Gasteiger partial charge in [-0.25, -0.2) is 5.14 Å². The van der Waals surface area contributed by atoms with Crippen LogP contribution in [0.3, 0.4) is 0 Å². The monoisotopic (exact) mass is 292 g/mol. The van der Waals surface area contributed by atoms with Crippen LogP contribution in [0.1, 0.15) is 0 Å². The Morgan fingerprint density at radius 3 is 2.60 bits per heavy atom. The first kappa shape index (κ1) is 12.8. The van der Waals surface area contributed by atoms with Gasteiger partial charge in [0.25, 0.3) is 10.2 Å². The predicted octanol–water partition coefficient (Wildman–Crippen LogP) is 2.21. The summed E-state index contributed by atoms with van der Waals surface area (Å²) in [6.45, 7) is 0. The van der Waals surface area contributed by atoms with Crippen LogP contribution >= 0.6 is 0 Å². The Balaban J connectivity index is 2.29. The van der Waals surface area contributed by atoms with Gasteiger partial charge >= 0.3 is 0 Å². The molecule has 0 unspecified atom stereocenters. The summed E-state index contributed by atoms with van der Waals surface area (Å²) in [7, 11) is -2.42. The molecular formula is C13H12N2O4S. The lowest BCUT2D eigenvalue weighted by Crippen LogP contribution is -2.22. The van der Waals surface area contributed by atoms with Gasteiger partial charge < -0.3 is 9.15 Å². The topological polar surface area (TPSA) is 94.6 Å². The molecule has 0 bridgehead atoms. The molecule has 0 radical (unpaired) electrons. The smallest absolute Gasteiger partial charge is 0.296 e. The molecule has 3 aromatic rings. The van der Waals surface area contributed by atoms with E-state index in [-0.39, 0.29) is 5.69 Å². The Hall–Kier alpha value is -2.25. The molecule has 6 nitrogen and oxygen atoms in total. The largest absolute Gasteiger partial charge is 0.495 e. The Labute approximate surface area is 115 Å². The highest BCUT2D eigenvalue weighted by Crippen LogP contribution is 2.36. The molecule has 0 spiro atoms. The van der Waals surface area contributed by atoms with Crippen LogP contribution < -0.4 is 14.6 Å². The molecule has 104 valence electrons. The van der Waals surface area contributed by atoms with Crippen LogP contribution in [0, 0.1) is 0 Å². The SMILES string of the molecule is COc1cc2c(cc1NS(N)(=O)=O)oc1ccccc12. The number of hydrogen-bond donors (Lipinski definition) is 2. The van der Waals surface area contributed by atoms with Gasteiger partial charge in [-0.1, -0.05) is 18.2 Å². The molecule has 1 heterocycles. The van der Waals surface area contributed by atoms with Gasteiger partial charge in [0.1, 0.15) is 16.9 Å². The Bertz CT molecular complexity index is 899. The minimum absolute atomic E-state index is 0.238. The molecule has 0 saturated carbocycles. The summed E-state index contributed by atoms with van der Waals surface area (Å²) in [5.74, 6) is 0.373. The number of para-hydroxylation sites is 1. The fraction of sp³-hybridized carbons (Fsp3) is 0.0769. The molecule has 3 rings (SSSR count). The van der Waals surface area contributed by atoms with Crippen molar-refractivity contribution in [2.24, 2.45) is 5.14 Å². The van der Waals surface area contributed by atoms with Crippen molar-refractivity contribution in [1.29, 1.82) is 0 Å². The van der Waals surface area contributed by atoms with Crippen LogP contribution in [0.4, 0.5) is 5.69 Å². The summed E-state index contributed by atoms with van der Waals surface area (Å²) < 4.78 is 35.4. The number of fused-ring (bicyclic) bond motifs is 3. The summed E-state index contributed by atoms with van der Waals surface area (Å²) in [5.41, 5.74) is 1.51. The van der Waals surface area contributed by atoms with Crippen LogP contribution in [0.15, 0.2) is 40.8 Å². The normalized spacial score (nSPS) is 11.9. The highest BCUT2D eigenvalue weighted by Gasteiger charge is 2.14. The van der Waals surface area contributed by atoms with E-state index in [9.17, 15) is 8.42 Å². The molecule has 0 aliphatic heterocycles. The molecule has 0 atom stereocenters. The van der Waals surface area contributed by atoms with E-state index in [1.54, 1.807) is 12.1 Å². The maximum absolute atomic E-state index is 11.2. The summed E-state index contributed by atoms with van der Waals surface area (Å²) in [6.07, 6.45) is 0. The Morgan fingerprint density at radius 2 is 1.90 bits per heavy atom. The third-order valence-corrected chi connectivity index (χ3v) is 3.46. The zero-order chi connectivity index (χ0) is 14.3. The van der Waals surface area contributed by atoms with Crippen molar-refractivity contribution in [3.63, 3.8) is 0 Å². The summed E-state index contributed by atoms with van der Waals surface area (Å²) >= 11 is 0. The van der Waals surface area contributed by atoms with Crippen LogP contribution in [-0.2, 0) is 10.2 Å². The van der Waals surface area contributed by atoms with Crippen LogP contribution in [0.5, 0.6) is 5.75 Å². The van der Waals surface area contributed by atoms with Gasteiger partial charge in [0.2, 0.25) is 0 Å². The molecule has 0 amide bonds. The van der Waals surface area contributed by atoms with E-state index >= 15 is 0 Å². The number of methoxy groups -OCH3 is 1. The fourth-order valence-corrected chi connectivity index (χ4v) is 2.62. The summed E-state index contributed by atoms with van der Waals surface area (Å²) in [5, 5.41) is 6.76. The average Bonchev–Trinajstić information content (AvgIpc) is 2.73. The maximum atomic E-state index is 11.2. The molecular weight excluding hydrogens is 280 g/mol.